The van der Waals surface area contributed by atoms with Gasteiger partial charge in [0.25, 0.3) is 17.7 Å². The van der Waals surface area contributed by atoms with Gasteiger partial charge in [0.05, 0.1) is 12.1 Å². The average molecular weight is 769 g/mol. The van der Waals surface area contributed by atoms with Crippen molar-refractivity contribution in [2.24, 2.45) is 11.3 Å². The molecule has 0 fully saturated rings. The molecule has 0 aromatic heterocycles. The lowest BCUT2D eigenvalue weighted by molar-refractivity contribution is -0.142. The second-order valence-electron chi connectivity index (χ2n) is 15.6. The fraction of sp³-hybridized carbons (Fsp3) is 0.538. The molecule has 1 aliphatic rings. The van der Waals surface area contributed by atoms with Crippen molar-refractivity contribution in [3.63, 3.8) is 0 Å². The lowest BCUT2D eigenvalue weighted by Gasteiger charge is -2.40. The van der Waals surface area contributed by atoms with E-state index in [4.69, 9.17) is 5.11 Å². The zero-order chi connectivity index (χ0) is 42.0. The van der Waals surface area contributed by atoms with E-state index in [-0.39, 0.29) is 31.0 Å². The zero-order valence-corrected chi connectivity index (χ0v) is 33.3. The highest BCUT2D eigenvalue weighted by Crippen LogP contribution is 2.29. The van der Waals surface area contributed by atoms with Crippen LogP contribution in [0.3, 0.4) is 0 Å². The van der Waals surface area contributed by atoms with Crippen LogP contribution in [0.2, 0.25) is 0 Å². The summed E-state index contributed by atoms with van der Waals surface area (Å²) in [5, 5.41) is 29.5. The molecular weight excluding hydrogens is 712 g/mol. The highest BCUT2D eigenvalue weighted by molar-refractivity contribution is 6.12. The Morgan fingerprint density at radius 1 is 0.891 bits per heavy atom. The maximum absolute atomic E-state index is 14.2. The van der Waals surface area contributed by atoms with Gasteiger partial charge < -0.3 is 36.4 Å². The Bertz CT molecular complexity index is 1670. The largest absolute Gasteiger partial charge is 0.481 e. The van der Waals surface area contributed by atoms with Gasteiger partial charge in [-0.25, -0.2) is 4.79 Å². The molecule has 0 aliphatic carbocycles. The Balaban J connectivity index is 2.23. The minimum atomic E-state index is -1.42. The summed E-state index contributed by atoms with van der Waals surface area (Å²) in [5.74, 6) is -5.65. The number of nitrogens with zero attached hydrogens (tertiary/aromatic N) is 2. The van der Waals surface area contributed by atoms with Crippen molar-refractivity contribution in [3.8, 4) is 0 Å². The van der Waals surface area contributed by atoms with Crippen LogP contribution in [-0.2, 0) is 39.0 Å². The summed E-state index contributed by atoms with van der Waals surface area (Å²) in [6.07, 6.45) is 3.15. The first-order valence-corrected chi connectivity index (χ1v) is 18.0. The molecule has 0 saturated heterocycles. The Labute approximate surface area is 322 Å². The van der Waals surface area contributed by atoms with Gasteiger partial charge in [-0.1, -0.05) is 66.7 Å². The van der Waals surface area contributed by atoms with Crippen LogP contribution in [0.25, 0.3) is 0 Å². The smallest absolute Gasteiger partial charge is 0.326 e. The maximum Gasteiger partial charge on any atom is 0.326 e. The highest BCUT2D eigenvalue weighted by Gasteiger charge is 2.42. The molecule has 16 heteroatoms. The number of likely N-dealkylation sites (N-methyl/N-ethyl adjacent to an activating group) is 2. The quantitative estimate of drug-likeness (QED) is 0.0875. The van der Waals surface area contributed by atoms with E-state index in [0.717, 1.165) is 10.5 Å². The third-order valence-corrected chi connectivity index (χ3v) is 9.59. The second-order valence-corrected chi connectivity index (χ2v) is 15.6. The summed E-state index contributed by atoms with van der Waals surface area (Å²) in [7, 11) is 3.19. The van der Waals surface area contributed by atoms with Crippen molar-refractivity contribution in [3.05, 3.63) is 59.2 Å². The molecule has 1 heterocycles. The zero-order valence-electron chi connectivity index (χ0n) is 33.3. The van der Waals surface area contributed by atoms with E-state index in [0.29, 0.717) is 5.56 Å². The van der Waals surface area contributed by atoms with Gasteiger partial charge in [0.15, 0.2) is 0 Å². The number of carboxylic acid groups (broad SMARTS) is 2. The number of imide groups is 1. The number of aliphatic carboxylic acids is 2. The number of hydrogen-bond donors (Lipinski definition) is 6. The van der Waals surface area contributed by atoms with E-state index in [1.54, 1.807) is 44.4 Å². The lowest BCUT2D eigenvalue weighted by Crippen LogP contribution is -2.61. The van der Waals surface area contributed by atoms with E-state index < -0.39 is 88.8 Å². The van der Waals surface area contributed by atoms with Crippen LogP contribution in [0.5, 0.6) is 0 Å². The molecule has 0 bridgehead atoms. The van der Waals surface area contributed by atoms with Gasteiger partial charge in [-0.2, -0.15) is 0 Å². The fourth-order valence-corrected chi connectivity index (χ4v) is 6.18. The van der Waals surface area contributed by atoms with Crippen LogP contribution in [0.15, 0.2) is 48.1 Å². The van der Waals surface area contributed by atoms with Crippen molar-refractivity contribution in [1.29, 1.82) is 0 Å². The minimum absolute atomic E-state index is 0.0342. The number of nitrogens with one attached hydrogen (secondary N) is 4. The van der Waals surface area contributed by atoms with E-state index in [9.17, 15) is 43.5 Å². The van der Waals surface area contributed by atoms with Crippen LogP contribution in [0.1, 0.15) is 84.2 Å². The Morgan fingerprint density at radius 3 is 1.93 bits per heavy atom. The van der Waals surface area contributed by atoms with Gasteiger partial charge in [-0.05, 0) is 49.4 Å². The molecule has 0 radical (unpaired) electrons. The summed E-state index contributed by atoms with van der Waals surface area (Å²) < 4.78 is 0. The van der Waals surface area contributed by atoms with Crippen molar-refractivity contribution in [2.45, 2.75) is 97.8 Å². The first-order chi connectivity index (χ1) is 25.4. The van der Waals surface area contributed by atoms with Crippen LogP contribution >= 0.6 is 0 Å². The van der Waals surface area contributed by atoms with Gasteiger partial charge in [-0.3, -0.25) is 38.5 Å². The summed E-state index contributed by atoms with van der Waals surface area (Å²) in [6.45, 7) is 14.4. The number of carbonyl (C=O) groups excluding carboxylic acids is 6. The predicted octanol–water partition coefficient (Wildman–Crippen LogP) is 1.60. The van der Waals surface area contributed by atoms with Crippen LogP contribution in [0, 0.1) is 11.3 Å². The molecule has 55 heavy (non-hydrogen) atoms. The van der Waals surface area contributed by atoms with Crippen molar-refractivity contribution in [1.82, 2.24) is 31.1 Å². The molecule has 1 aromatic carbocycles. The summed E-state index contributed by atoms with van der Waals surface area (Å²) in [4.78, 5) is 103. The first-order valence-electron chi connectivity index (χ1n) is 18.0. The number of benzene rings is 1. The van der Waals surface area contributed by atoms with Crippen molar-refractivity contribution >= 4 is 47.4 Å². The first kappa shape index (κ1) is 45.8. The molecule has 0 spiro atoms. The molecule has 6 N–H and O–H groups in total. The monoisotopic (exact) mass is 768 g/mol. The standard InChI is InChI=1S/C39H56N6O10/c1-22(2)27(21-23(3)33(50)42-26(37(54)55)15-18-30(48)49)44(10)36(53)32(38(4,5)6)43-35(52)31(40-9)39(7,8)25-13-11-24(12-14-25)34(51)41-19-20-45-28(46)16-17-29(45)47/h11-14,16-17,21-22,26-27,31-32,40H,15,18-20H2,1-10H3,(H,41,51)(H,42,50)(H,43,52)(H,48,49)(H,54,55)/b23-21+/t26-,27?,31?,32?/m1/s1. The van der Waals surface area contributed by atoms with Gasteiger partial charge in [-0.15, -0.1) is 0 Å². The van der Waals surface area contributed by atoms with Gasteiger partial charge >= 0.3 is 11.9 Å². The fourth-order valence-electron chi connectivity index (χ4n) is 6.18. The summed E-state index contributed by atoms with van der Waals surface area (Å²) in [5.41, 5.74) is -0.420. The van der Waals surface area contributed by atoms with Gasteiger partial charge in [0.1, 0.15) is 12.1 Å². The molecule has 2 rings (SSSR count). The molecule has 6 amide bonds. The Morgan fingerprint density at radius 2 is 1.45 bits per heavy atom. The van der Waals surface area contributed by atoms with E-state index in [2.05, 4.69) is 21.3 Å². The topological polar surface area (TPSA) is 232 Å². The van der Waals surface area contributed by atoms with Crippen molar-refractivity contribution < 1.29 is 48.6 Å². The third kappa shape index (κ3) is 12.3. The number of rotatable bonds is 19. The minimum Gasteiger partial charge on any atom is -0.481 e. The Hall–Kier alpha value is -5.38. The molecule has 3 unspecified atom stereocenters. The summed E-state index contributed by atoms with van der Waals surface area (Å²) >= 11 is 0. The second kappa shape index (κ2) is 19.3. The predicted molar refractivity (Wildman–Crippen MR) is 203 cm³/mol. The molecule has 1 aromatic rings. The SMILES string of the molecule is CNC(C(=O)NC(C(=O)N(C)C(/C=C(\C)C(=O)N[C@H](CCC(=O)O)C(=O)O)C(C)C)C(C)(C)C)C(C)(C)c1ccc(C(=O)NCCN2C(=O)C=CC2=O)cc1. The number of carboxylic acids is 2. The average Bonchev–Trinajstić information content (AvgIpc) is 3.42. The molecule has 1 aliphatic heterocycles. The van der Waals surface area contributed by atoms with Crippen LogP contribution in [-0.4, -0.2) is 119 Å². The maximum atomic E-state index is 14.2. The van der Waals surface area contributed by atoms with Gasteiger partial charge in [0.2, 0.25) is 17.7 Å². The van der Waals surface area contributed by atoms with Crippen molar-refractivity contribution in [2.75, 3.05) is 27.2 Å². The normalized spacial score (nSPS) is 15.6. The van der Waals surface area contributed by atoms with Crippen LogP contribution < -0.4 is 21.3 Å². The van der Waals surface area contributed by atoms with Gasteiger partial charge in [0, 0.05) is 55.3 Å². The van der Waals surface area contributed by atoms with Crippen LogP contribution in [0.4, 0.5) is 0 Å². The summed E-state index contributed by atoms with van der Waals surface area (Å²) in [6, 6.07) is 2.77. The molecule has 302 valence electrons. The molecule has 16 nitrogen and oxygen atoms in total. The van der Waals surface area contributed by atoms with E-state index in [1.165, 1.54) is 24.0 Å². The lowest BCUT2D eigenvalue weighted by atomic mass is 9.76. The molecular formula is C39H56N6O10. The van der Waals surface area contributed by atoms with E-state index >= 15 is 0 Å². The molecule has 0 saturated carbocycles. The number of carbonyl (C=O) groups is 8. The third-order valence-electron chi connectivity index (χ3n) is 9.59. The Kier molecular flexibility index (Phi) is 16.0. The number of hydrogen-bond acceptors (Lipinski definition) is 9. The number of amides is 6. The molecule has 4 atom stereocenters. The highest BCUT2D eigenvalue weighted by atomic mass is 16.4. The van der Waals surface area contributed by atoms with E-state index in [1.807, 2.05) is 48.5 Å².